The third kappa shape index (κ3) is 3.89. The predicted octanol–water partition coefficient (Wildman–Crippen LogP) is 2.75. The zero-order chi connectivity index (χ0) is 12.8. The number of benzene rings is 1. The molecule has 0 radical (unpaired) electrons. The summed E-state index contributed by atoms with van der Waals surface area (Å²) in [7, 11) is 0. The second-order valence-corrected chi connectivity index (χ2v) is 4.42. The van der Waals surface area contributed by atoms with Crippen molar-refractivity contribution in [1.29, 1.82) is 0 Å². The van der Waals surface area contributed by atoms with Gasteiger partial charge in [-0.3, -0.25) is 0 Å². The van der Waals surface area contributed by atoms with Crippen molar-refractivity contribution in [2.75, 3.05) is 0 Å². The molecule has 0 aliphatic carbocycles. The van der Waals surface area contributed by atoms with Crippen molar-refractivity contribution in [1.82, 2.24) is 10.5 Å². The quantitative estimate of drug-likeness (QED) is 0.851. The van der Waals surface area contributed by atoms with Crippen LogP contribution in [0.2, 0.25) is 0 Å². The van der Waals surface area contributed by atoms with E-state index < -0.39 is 0 Å². The van der Waals surface area contributed by atoms with Gasteiger partial charge in [0.25, 0.3) is 0 Å². The number of aromatic nitrogens is 1. The lowest BCUT2D eigenvalue weighted by Gasteiger charge is -2.04. The monoisotopic (exact) mass is 246 g/mol. The van der Waals surface area contributed by atoms with Gasteiger partial charge in [0.2, 0.25) is 0 Å². The molecule has 18 heavy (non-hydrogen) atoms. The molecule has 0 aliphatic heterocycles. The minimum absolute atomic E-state index is 0.401. The van der Waals surface area contributed by atoms with Gasteiger partial charge < -0.3 is 14.6 Å². The summed E-state index contributed by atoms with van der Waals surface area (Å²) in [5.74, 6) is 1.56. The third-order valence-corrected chi connectivity index (χ3v) is 2.42. The maximum absolute atomic E-state index is 5.58. The van der Waals surface area contributed by atoms with Gasteiger partial charge in [0.05, 0.1) is 5.69 Å². The Morgan fingerprint density at radius 2 is 2.06 bits per heavy atom. The summed E-state index contributed by atoms with van der Waals surface area (Å²) in [6.07, 6.45) is 0. The largest absolute Gasteiger partial charge is 0.486 e. The van der Waals surface area contributed by atoms with Crippen molar-refractivity contribution in [3.05, 3.63) is 47.9 Å². The van der Waals surface area contributed by atoms with Crippen molar-refractivity contribution < 1.29 is 9.26 Å². The molecule has 96 valence electrons. The zero-order valence-electron chi connectivity index (χ0n) is 10.7. The number of nitrogens with zero attached hydrogens (tertiary/aromatic N) is 1. The number of hydrogen-bond acceptors (Lipinski definition) is 4. The van der Waals surface area contributed by atoms with E-state index >= 15 is 0 Å². The van der Waals surface area contributed by atoms with E-state index in [9.17, 15) is 0 Å². The second-order valence-electron chi connectivity index (χ2n) is 4.42. The molecule has 1 heterocycles. The zero-order valence-corrected chi connectivity index (χ0v) is 10.7. The summed E-state index contributed by atoms with van der Waals surface area (Å²) < 4.78 is 10.8. The third-order valence-electron chi connectivity index (χ3n) is 2.42. The smallest absolute Gasteiger partial charge is 0.174 e. The van der Waals surface area contributed by atoms with E-state index in [2.05, 4.69) is 24.3 Å². The van der Waals surface area contributed by atoms with Crippen molar-refractivity contribution in [2.45, 2.75) is 33.0 Å². The normalized spacial score (nSPS) is 10.8. The van der Waals surface area contributed by atoms with Crippen molar-refractivity contribution in [2.24, 2.45) is 0 Å². The summed E-state index contributed by atoms with van der Waals surface area (Å²) >= 11 is 0. The molecule has 0 fully saturated rings. The predicted molar refractivity (Wildman–Crippen MR) is 69.3 cm³/mol. The van der Waals surface area contributed by atoms with Gasteiger partial charge in [-0.15, -0.1) is 0 Å². The minimum atomic E-state index is 0.401. The SMILES string of the molecule is CC(C)NCc1cc(COc2ccccc2)on1. The number of ether oxygens (including phenoxy) is 1. The molecule has 2 rings (SSSR count). The first-order valence-electron chi connectivity index (χ1n) is 6.10. The Morgan fingerprint density at radius 1 is 1.28 bits per heavy atom. The topological polar surface area (TPSA) is 47.3 Å². The van der Waals surface area contributed by atoms with Crippen molar-refractivity contribution in [3.8, 4) is 5.75 Å². The fourth-order valence-corrected chi connectivity index (χ4v) is 1.49. The van der Waals surface area contributed by atoms with Crippen LogP contribution in [0.3, 0.4) is 0 Å². The Labute approximate surface area is 107 Å². The van der Waals surface area contributed by atoms with Gasteiger partial charge in [0.1, 0.15) is 12.4 Å². The first kappa shape index (κ1) is 12.6. The summed E-state index contributed by atoms with van der Waals surface area (Å²) in [6, 6.07) is 12.0. The summed E-state index contributed by atoms with van der Waals surface area (Å²) in [5.41, 5.74) is 0.898. The van der Waals surface area contributed by atoms with E-state index in [1.54, 1.807) is 0 Å². The summed E-state index contributed by atoms with van der Waals surface area (Å²) in [4.78, 5) is 0. The maximum atomic E-state index is 5.58. The second kappa shape index (κ2) is 6.21. The van der Waals surface area contributed by atoms with Crippen molar-refractivity contribution >= 4 is 0 Å². The Bertz CT molecular complexity index is 466. The molecule has 0 spiro atoms. The van der Waals surface area contributed by atoms with E-state index in [0.717, 1.165) is 17.2 Å². The lowest BCUT2D eigenvalue weighted by Crippen LogP contribution is -2.21. The number of para-hydroxylation sites is 1. The summed E-state index contributed by atoms with van der Waals surface area (Å²) in [5, 5.41) is 7.27. The van der Waals surface area contributed by atoms with Gasteiger partial charge in [-0.25, -0.2) is 0 Å². The van der Waals surface area contributed by atoms with Gasteiger partial charge in [-0.1, -0.05) is 37.2 Å². The van der Waals surface area contributed by atoms with Gasteiger partial charge in [0.15, 0.2) is 5.76 Å². The van der Waals surface area contributed by atoms with Crippen LogP contribution in [0.4, 0.5) is 0 Å². The average Bonchev–Trinajstić information content (AvgIpc) is 2.83. The Kier molecular flexibility index (Phi) is 4.36. The highest BCUT2D eigenvalue weighted by molar-refractivity contribution is 5.21. The molecule has 4 heteroatoms. The lowest BCUT2D eigenvalue weighted by molar-refractivity contribution is 0.248. The highest BCUT2D eigenvalue weighted by Gasteiger charge is 2.05. The van der Waals surface area contributed by atoms with Crippen LogP contribution in [-0.4, -0.2) is 11.2 Å². The first-order chi connectivity index (χ1) is 8.74. The Morgan fingerprint density at radius 3 is 2.78 bits per heavy atom. The molecule has 4 nitrogen and oxygen atoms in total. The molecule has 0 unspecified atom stereocenters. The van der Waals surface area contributed by atoms with Crippen LogP contribution in [0.25, 0.3) is 0 Å². The summed E-state index contributed by atoms with van der Waals surface area (Å²) in [6.45, 7) is 5.31. The molecule has 1 N–H and O–H groups in total. The van der Waals surface area contributed by atoms with Crippen molar-refractivity contribution in [3.63, 3.8) is 0 Å². The molecule has 0 atom stereocenters. The van der Waals surface area contributed by atoms with E-state index in [-0.39, 0.29) is 0 Å². The Balaban J connectivity index is 1.83. The van der Waals surface area contributed by atoms with E-state index in [1.807, 2.05) is 36.4 Å². The highest BCUT2D eigenvalue weighted by atomic mass is 16.5. The molecule has 0 saturated carbocycles. The standard InChI is InChI=1S/C14H18N2O2/c1-11(2)15-9-12-8-14(18-16-12)10-17-13-6-4-3-5-7-13/h3-8,11,15H,9-10H2,1-2H3. The Hall–Kier alpha value is -1.81. The fourth-order valence-electron chi connectivity index (χ4n) is 1.49. The highest BCUT2D eigenvalue weighted by Crippen LogP contribution is 2.12. The van der Waals surface area contributed by atoms with Crippen LogP contribution in [0.15, 0.2) is 40.9 Å². The van der Waals surface area contributed by atoms with Gasteiger partial charge in [0, 0.05) is 18.7 Å². The number of nitrogens with one attached hydrogen (secondary N) is 1. The molecule has 0 aliphatic rings. The molecular formula is C14H18N2O2. The average molecular weight is 246 g/mol. The van der Waals surface area contributed by atoms with Gasteiger partial charge in [-0.2, -0.15) is 0 Å². The molecule has 2 aromatic rings. The number of hydrogen-bond donors (Lipinski definition) is 1. The lowest BCUT2D eigenvalue weighted by atomic mass is 10.3. The fraction of sp³-hybridized carbons (Fsp3) is 0.357. The van der Waals surface area contributed by atoms with E-state index in [4.69, 9.17) is 9.26 Å². The van der Waals surface area contributed by atoms with Gasteiger partial charge in [-0.05, 0) is 12.1 Å². The molecule has 0 saturated heterocycles. The van der Waals surface area contributed by atoms with Crippen LogP contribution in [-0.2, 0) is 13.2 Å². The van der Waals surface area contributed by atoms with Crippen LogP contribution in [0, 0.1) is 0 Å². The molecule has 0 bridgehead atoms. The molecule has 1 aromatic heterocycles. The van der Waals surface area contributed by atoms with Crippen LogP contribution in [0.1, 0.15) is 25.3 Å². The van der Waals surface area contributed by atoms with E-state index in [1.165, 1.54) is 0 Å². The van der Waals surface area contributed by atoms with Crippen LogP contribution >= 0.6 is 0 Å². The van der Waals surface area contributed by atoms with Gasteiger partial charge >= 0.3 is 0 Å². The minimum Gasteiger partial charge on any atom is -0.486 e. The van der Waals surface area contributed by atoms with Crippen LogP contribution < -0.4 is 10.1 Å². The molecule has 0 amide bonds. The van der Waals surface area contributed by atoms with E-state index in [0.29, 0.717) is 19.2 Å². The molecule has 1 aromatic carbocycles. The number of rotatable bonds is 6. The first-order valence-corrected chi connectivity index (χ1v) is 6.10. The maximum Gasteiger partial charge on any atom is 0.174 e. The van der Waals surface area contributed by atoms with Crippen LogP contribution in [0.5, 0.6) is 5.75 Å². The molecular weight excluding hydrogens is 228 g/mol.